The molecule has 1 aliphatic carbocycles. The van der Waals surface area contributed by atoms with Crippen LogP contribution in [0, 0.1) is 5.82 Å². The van der Waals surface area contributed by atoms with Gasteiger partial charge in [-0.2, -0.15) is 4.98 Å². The Bertz CT molecular complexity index is 800. The Balaban J connectivity index is 1.91. The molecule has 2 aromatic heterocycles. The molecule has 0 saturated heterocycles. The number of nitrogens with one attached hydrogen (secondary N) is 1. The van der Waals surface area contributed by atoms with E-state index in [-0.39, 0.29) is 23.5 Å². The molecule has 0 unspecified atom stereocenters. The lowest BCUT2D eigenvalue weighted by Crippen LogP contribution is -2.48. The summed E-state index contributed by atoms with van der Waals surface area (Å²) in [6.45, 7) is 0. The lowest BCUT2D eigenvalue weighted by molar-refractivity contribution is 0.100. The molecule has 0 aromatic carbocycles. The minimum Gasteiger partial charge on any atom is -0.365 e. The predicted octanol–water partition coefficient (Wildman–Crippen LogP) is 1.56. The first-order valence-electron chi connectivity index (χ1n) is 8.48. The minimum absolute atomic E-state index is 0.0389. The average Bonchev–Trinajstić information content (AvgIpc) is 2.61. The fourth-order valence-electron chi connectivity index (χ4n) is 3.20. The highest BCUT2D eigenvalue weighted by Gasteiger charge is 2.27. The zero-order chi connectivity index (χ0) is 18.7. The largest absolute Gasteiger partial charge is 0.365 e. The standard InChI is InChI=1S/C17H22FN7O/c1-25(14-5-3-2-4-13(14)19)17-22-9-12(15(20)26)16(24-17)23-11-6-10(18)7-21-8-11/h6-9,13-14H,2-5,19H2,1H3,(H2,20,26)(H,22,23,24)/t13-,14+/m0/s1. The molecule has 2 heterocycles. The van der Waals surface area contributed by atoms with E-state index >= 15 is 0 Å². The van der Waals surface area contributed by atoms with Gasteiger partial charge in [-0.1, -0.05) is 12.8 Å². The zero-order valence-corrected chi connectivity index (χ0v) is 14.5. The van der Waals surface area contributed by atoms with Crippen LogP contribution >= 0.6 is 0 Å². The number of aromatic nitrogens is 3. The van der Waals surface area contributed by atoms with Gasteiger partial charge < -0.3 is 21.7 Å². The van der Waals surface area contributed by atoms with Crippen molar-refractivity contribution in [3.63, 3.8) is 0 Å². The Labute approximate surface area is 150 Å². The third-order valence-electron chi connectivity index (χ3n) is 4.60. The predicted molar refractivity (Wildman–Crippen MR) is 96.7 cm³/mol. The molecule has 0 spiro atoms. The molecular weight excluding hydrogens is 337 g/mol. The molecule has 1 aliphatic rings. The van der Waals surface area contributed by atoms with Crippen LogP contribution in [-0.2, 0) is 0 Å². The fourth-order valence-corrected chi connectivity index (χ4v) is 3.20. The van der Waals surface area contributed by atoms with Crippen LogP contribution < -0.4 is 21.7 Å². The van der Waals surface area contributed by atoms with Crippen molar-refractivity contribution in [2.24, 2.45) is 11.5 Å². The molecule has 1 amide bonds. The summed E-state index contributed by atoms with van der Waals surface area (Å²) in [7, 11) is 1.88. The number of hydrogen-bond donors (Lipinski definition) is 3. The van der Waals surface area contributed by atoms with Gasteiger partial charge in [0.15, 0.2) is 0 Å². The summed E-state index contributed by atoms with van der Waals surface area (Å²) < 4.78 is 13.4. The Kier molecular flexibility index (Phi) is 5.27. The summed E-state index contributed by atoms with van der Waals surface area (Å²) >= 11 is 0. The van der Waals surface area contributed by atoms with Gasteiger partial charge in [0, 0.05) is 31.4 Å². The van der Waals surface area contributed by atoms with Crippen molar-refractivity contribution in [3.8, 4) is 0 Å². The second kappa shape index (κ2) is 7.61. The van der Waals surface area contributed by atoms with E-state index in [2.05, 4.69) is 20.3 Å². The summed E-state index contributed by atoms with van der Waals surface area (Å²) in [6.07, 6.45) is 8.00. The van der Waals surface area contributed by atoms with Crippen LogP contribution in [0.2, 0.25) is 0 Å². The van der Waals surface area contributed by atoms with Crippen molar-refractivity contribution in [3.05, 3.63) is 36.0 Å². The maximum atomic E-state index is 13.4. The molecule has 9 heteroatoms. The summed E-state index contributed by atoms with van der Waals surface area (Å²) in [5.41, 5.74) is 12.1. The maximum Gasteiger partial charge on any atom is 0.254 e. The lowest BCUT2D eigenvalue weighted by atomic mass is 9.90. The van der Waals surface area contributed by atoms with Crippen LogP contribution in [0.25, 0.3) is 0 Å². The van der Waals surface area contributed by atoms with E-state index in [0.29, 0.717) is 11.6 Å². The monoisotopic (exact) mass is 359 g/mol. The molecule has 8 nitrogen and oxygen atoms in total. The normalized spacial score (nSPS) is 19.8. The first-order chi connectivity index (χ1) is 12.5. The third kappa shape index (κ3) is 3.88. The molecule has 2 atom stereocenters. The summed E-state index contributed by atoms with van der Waals surface area (Å²) in [5, 5.41) is 2.89. The topological polar surface area (TPSA) is 123 Å². The number of nitrogens with two attached hydrogens (primary N) is 2. The van der Waals surface area contributed by atoms with E-state index in [0.717, 1.165) is 31.9 Å². The summed E-state index contributed by atoms with van der Waals surface area (Å²) in [6, 6.07) is 1.41. The van der Waals surface area contributed by atoms with Gasteiger partial charge in [0.1, 0.15) is 17.2 Å². The molecule has 0 bridgehead atoms. The van der Waals surface area contributed by atoms with Crippen LogP contribution in [0.3, 0.4) is 0 Å². The van der Waals surface area contributed by atoms with Gasteiger partial charge in [-0.3, -0.25) is 9.78 Å². The van der Waals surface area contributed by atoms with Crippen LogP contribution in [0.15, 0.2) is 24.7 Å². The van der Waals surface area contributed by atoms with E-state index in [1.165, 1.54) is 18.5 Å². The van der Waals surface area contributed by atoms with Gasteiger partial charge in [0.05, 0.1) is 18.1 Å². The second-order valence-electron chi connectivity index (χ2n) is 6.44. The second-order valence-corrected chi connectivity index (χ2v) is 6.44. The Morgan fingerprint density at radius 2 is 2.08 bits per heavy atom. The van der Waals surface area contributed by atoms with Crippen molar-refractivity contribution in [1.29, 1.82) is 0 Å². The first kappa shape index (κ1) is 18.0. The number of halogens is 1. The number of carbonyl (C=O) groups excluding carboxylic acids is 1. The lowest BCUT2D eigenvalue weighted by Gasteiger charge is -2.36. The molecular formula is C17H22FN7O. The number of likely N-dealkylation sites (N-methyl/N-ethyl adjacent to an activating group) is 1. The number of rotatable bonds is 5. The Morgan fingerprint density at radius 3 is 2.77 bits per heavy atom. The number of carbonyl (C=O) groups is 1. The smallest absolute Gasteiger partial charge is 0.254 e. The van der Waals surface area contributed by atoms with Crippen LogP contribution in [0.4, 0.5) is 21.8 Å². The SMILES string of the molecule is CN(c1ncc(C(N)=O)c(Nc2cncc(F)c2)n1)[C@@H]1CCCC[C@@H]1N. The average molecular weight is 359 g/mol. The van der Waals surface area contributed by atoms with Gasteiger partial charge in [-0.05, 0) is 12.8 Å². The molecule has 5 N–H and O–H groups in total. The highest BCUT2D eigenvalue weighted by molar-refractivity contribution is 5.98. The van der Waals surface area contributed by atoms with Crippen molar-refractivity contribution >= 4 is 23.4 Å². The van der Waals surface area contributed by atoms with Gasteiger partial charge in [0.25, 0.3) is 5.91 Å². The van der Waals surface area contributed by atoms with Crippen molar-refractivity contribution in [2.45, 2.75) is 37.8 Å². The number of pyridine rings is 1. The van der Waals surface area contributed by atoms with E-state index in [9.17, 15) is 9.18 Å². The molecule has 3 rings (SSSR count). The van der Waals surface area contributed by atoms with Gasteiger partial charge in [-0.25, -0.2) is 9.37 Å². The van der Waals surface area contributed by atoms with Crippen LogP contribution in [-0.4, -0.2) is 40.0 Å². The molecule has 2 aromatic rings. The first-order valence-corrected chi connectivity index (χ1v) is 8.48. The Morgan fingerprint density at radius 1 is 1.31 bits per heavy atom. The molecule has 0 aliphatic heterocycles. The Hall–Kier alpha value is -2.81. The number of amides is 1. The number of hydrogen-bond acceptors (Lipinski definition) is 7. The van der Waals surface area contributed by atoms with Crippen molar-refractivity contribution < 1.29 is 9.18 Å². The molecule has 138 valence electrons. The minimum atomic E-state index is -0.680. The molecule has 26 heavy (non-hydrogen) atoms. The molecule has 1 saturated carbocycles. The van der Waals surface area contributed by atoms with E-state index in [1.54, 1.807) is 0 Å². The molecule has 0 radical (unpaired) electrons. The highest BCUT2D eigenvalue weighted by Crippen LogP contribution is 2.26. The van der Waals surface area contributed by atoms with Crippen molar-refractivity contribution in [2.75, 3.05) is 17.3 Å². The zero-order valence-electron chi connectivity index (χ0n) is 14.5. The van der Waals surface area contributed by atoms with E-state index < -0.39 is 11.7 Å². The summed E-state index contributed by atoms with van der Waals surface area (Å²) in [5.74, 6) is -0.564. The third-order valence-corrected chi connectivity index (χ3v) is 4.60. The van der Waals surface area contributed by atoms with Gasteiger partial charge >= 0.3 is 0 Å². The van der Waals surface area contributed by atoms with E-state index in [1.807, 2.05) is 11.9 Å². The summed E-state index contributed by atoms with van der Waals surface area (Å²) in [4.78, 5) is 26.1. The van der Waals surface area contributed by atoms with Crippen LogP contribution in [0.1, 0.15) is 36.0 Å². The van der Waals surface area contributed by atoms with Crippen molar-refractivity contribution in [1.82, 2.24) is 15.0 Å². The maximum absolute atomic E-state index is 13.4. The number of anilines is 3. The molecule has 1 fully saturated rings. The quantitative estimate of drug-likeness (QED) is 0.740. The fraction of sp³-hybridized carbons (Fsp3) is 0.412. The number of nitrogens with zero attached hydrogens (tertiary/aromatic N) is 4. The van der Waals surface area contributed by atoms with Gasteiger partial charge in [-0.15, -0.1) is 0 Å². The van der Waals surface area contributed by atoms with Gasteiger partial charge in [0.2, 0.25) is 5.95 Å². The highest BCUT2D eigenvalue weighted by atomic mass is 19.1. The number of primary amides is 1. The van der Waals surface area contributed by atoms with E-state index in [4.69, 9.17) is 11.5 Å². The van der Waals surface area contributed by atoms with Crippen LogP contribution in [0.5, 0.6) is 0 Å².